The van der Waals surface area contributed by atoms with Gasteiger partial charge in [-0.05, 0) is 65.5 Å². The summed E-state index contributed by atoms with van der Waals surface area (Å²) in [5.74, 6) is 1.62. The Labute approximate surface area is 148 Å². The first-order chi connectivity index (χ1) is 12.0. The lowest BCUT2D eigenvalue weighted by molar-refractivity contribution is 0.387. The summed E-state index contributed by atoms with van der Waals surface area (Å²) in [6.45, 7) is 8.28. The van der Waals surface area contributed by atoms with Crippen LogP contribution in [0.5, 0.6) is 0 Å². The van der Waals surface area contributed by atoms with Crippen LogP contribution >= 0.6 is 0 Å². The molecule has 6 heteroatoms. The maximum Gasteiger partial charge on any atom is 0.145 e. The zero-order valence-corrected chi connectivity index (χ0v) is 15.7. The van der Waals surface area contributed by atoms with E-state index in [1.54, 1.807) is 6.33 Å². The SMILES string of the molecule is Cc1cccc(Nc2ncnc3c2c(C)c(C)n3CCCN(C)C)n1. The Bertz CT molecular complexity index is 881. The Hall–Kier alpha value is -2.47. The Morgan fingerprint density at radius 2 is 1.92 bits per heavy atom. The minimum atomic E-state index is 0.803. The van der Waals surface area contributed by atoms with Crippen LogP contribution < -0.4 is 5.32 Å². The Kier molecular flexibility index (Phi) is 4.99. The van der Waals surface area contributed by atoms with E-state index in [9.17, 15) is 0 Å². The van der Waals surface area contributed by atoms with Crippen LogP contribution in [0.2, 0.25) is 0 Å². The third kappa shape index (κ3) is 3.64. The van der Waals surface area contributed by atoms with Gasteiger partial charge in [0.1, 0.15) is 23.6 Å². The van der Waals surface area contributed by atoms with Gasteiger partial charge in [0.2, 0.25) is 0 Å². The molecule has 0 atom stereocenters. The summed E-state index contributed by atoms with van der Waals surface area (Å²) >= 11 is 0. The van der Waals surface area contributed by atoms with Crippen molar-refractivity contribution >= 4 is 22.7 Å². The maximum atomic E-state index is 4.56. The molecule has 0 aromatic carbocycles. The topological polar surface area (TPSA) is 58.9 Å². The van der Waals surface area contributed by atoms with Crippen molar-refractivity contribution in [3.8, 4) is 0 Å². The largest absolute Gasteiger partial charge is 0.329 e. The molecule has 0 fully saturated rings. The average molecular weight is 338 g/mol. The van der Waals surface area contributed by atoms with Gasteiger partial charge < -0.3 is 14.8 Å². The minimum Gasteiger partial charge on any atom is -0.329 e. The molecule has 0 saturated carbocycles. The quantitative estimate of drug-likeness (QED) is 0.746. The van der Waals surface area contributed by atoms with Crippen LogP contribution in [0.15, 0.2) is 24.5 Å². The third-order valence-electron chi connectivity index (χ3n) is 4.53. The van der Waals surface area contributed by atoms with E-state index in [-0.39, 0.29) is 0 Å². The summed E-state index contributed by atoms with van der Waals surface area (Å²) in [5, 5.41) is 4.44. The zero-order chi connectivity index (χ0) is 18.0. The highest BCUT2D eigenvalue weighted by Gasteiger charge is 2.16. The Morgan fingerprint density at radius 1 is 1.12 bits per heavy atom. The lowest BCUT2D eigenvalue weighted by Gasteiger charge is -2.12. The molecule has 0 amide bonds. The summed E-state index contributed by atoms with van der Waals surface area (Å²) in [4.78, 5) is 15.8. The van der Waals surface area contributed by atoms with Gasteiger partial charge in [-0.1, -0.05) is 6.07 Å². The van der Waals surface area contributed by atoms with Crippen molar-refractivity contribution in [2.45, 2.75) is 33.7 Å². The molecule has 0 saturated heterocycles. The van der Waals surface area contributed by atoms with E-state index in [1.165, 1.54) is 11.3 Å². The number of fused-ring (bicyclic) bond motifs is 1. The highest BCUT2D eigenvalue weighted by Crippen LogP contribution is 2.30. The molecule has 0 aliphatic heterocycles. The van der Waals surface area contributed by atoms with Gasteiger partial charge in [-0.2, -0.15) is 0 Å². The van der Waals surface area contributed by atoms with Gasteiger partial charge in [0.25, 0.3) is 0 Å². The van der Waals surface area contributed by atoms with Crippen LogP contribution in [0.1, 0.15) is 23.4 Å². The van der Waals surface area contributed by atoms with Crippen LogP contribution in [0.25, 0.3) is 11.0 Å². The van der Waals surface area contributed by atoms with Gasteiger partial charge in [-0.3, -0.25) is 0 Å². The number of nitrogens with zero attached hydrogens (tertiary/aromatic N) is 5. The second kappa shape index (κ2) is 7.19. The molecule has 0 spiro atoms. The molecular formula is C19H26N6. The van der Waals surface area contributed by atoms with Crippen LogP contribution in [0, 0.1) is 20.8 Å². The molecule has 132 valence electrons. The first-order valence-electron chi connectivity index (χ1n) is 8.63. The first kappa shape index (κ1) is 17.4. The number of hydrogen-bond acceptors (Lipinski definition) is 5. The van der Waals surface area contributed by atoms with E-state index in [4.69, 9.17) is 0 Å². The van der Waals surface area contributed by atoms with E-state index >= 15 is 0 Å². The fourth-order valence-electron chi connectivity index (χ4n) is 3.12. The monoisotopic (exact) mass is 338 g/mol. The van der Waals surface area contributed by atoms with Crippen molar-refractivity contribution in [1.82, 2.24) is 24.4 Å². The smallest absolute Gasteiger partial charge is 0.145 e. The van der Waals surface area contributed by atoms with Gasteiger partial charge in [0.05, 0.1) is 5.39 Å². The summed E-state index contributed by atoms with van der Waals surface area (Å²) in [7, 11) is 4.20. The van der Waals surface area contributed by atoms with Crippen molar-refractivity contribution in [2.24, 2.45) is 0 Å². The van der Waals surface area contributed by atoms with Crippen molar-refractivity contribution < 1.29 is 0 Å². The number of nitrogens with one attached hydrogen (secondary N) is 1. The van der Waals surface area contributed by atoms with Crippen LogP contribution in [0.3, 0.4) is 0 Å². The molecule has 3 aromatic rings. The molecule has 25 heavy (non-hydrogen) atoms. The van der Waals surface area contributed by atoms with Crippen LogP contribution in [0.4, 0.5) is 11.6 Å². The third-order valence-corrected chi connectivity index (χ3v) is 4.53. The second-order valence-electron chi connectivity index (χ2n) is 6.73. The number of aromatic nitrogens is 4. The van der Waals surface area contributed by atoms with E-state index in [1.807, 2.05) is 25.1 Å². The molecule has 0 bridgehead atoms. The molecule has 3 rings (SSSR count). The first-order valence-corrected chi connectivity index (χ1v) is 8.63. The highest BCUT2D eigenvalue weighted by molar-refractivity contribution is 5.93. The number of rotatable bonds is 6. The van der Waals surface area contributed by atoms with Gasteiger partial charge in [-0.25, -0.2) is 15.0 Å². The molecule has 0 aliphatic carbocycles. The van der Waals surface area contributed by atoms with E-state index in [0.717, 1.165) is 47.9 Å². The maximum absolute atomic E-state index is 4.56. The molecule has 6 nitrogen and oxygen atoms in total. The standard InChI is InChI=1S/C19H26N6/c1-13-8-6-9-16(22-13)23-18-17-14(2)15(3)25(11-7-10-24(4)5)19(17)21-12-20-18/h6,8-9,12H,7,10-11H2,1-5H3,(H,20,21,22,23). The van der Waals surface area contributed by atoms with E-state index in [2.05, 4.69) is 57.7 Å². The Morgan fingerprint density at radius 3 is 2.64 bits per heavy atom. The lowest BCUT2D eigenvalue weighted by Crippen LogP contribution is -2.15. The normalized spacial score (nSPS) is 11.4. The fraction of sp³-hybridized carbons (Fsp3) is 0.421. The van der Waals surface area contributed by atoms with Crippen molar-refractivity contribution in [2.75, 3.05) is 26.0 Å². The molecule has 0 unspecified atom stereocenters. The molecule has 1 N–H and O–H groups in total. The summed E-state index contributed by atoms with van der Waals surface area (Å²) < 4.78 is 2.30. The number of pyridine rings is 1. The molecule has 0 aliphatic rings. The predicted octanol–water partition coefficient (Wildman–Crippen LogP) is 3.45. The number of aryl methyl sites for hydroxylation is 3. The zero-order valence-electron chi connectivity index (χ0n) is 15.7. The fourth-order valence-corrected chi connectivity index (χ4v) is 3.12. The molecular weight excluding hydrogens is 312 g/mol. The summed E-state index contributed by atoms with van der Waals surface area (Å²) in [5.41, 5.74) is 4.42. The summed E-state index contributed by atoms with van der Waals surface area (Å²) in [6, 6.07) is 5.93. The Balaban J connectivity index is 1.98. The second-order valence-corrected chi connectivity index (χ2v) is 6.73. The molecule has 0 radical (unpaired) electrons. The van der Waals surface area contributed by atoms with Gasteiger partial charge >= 0.3 is 0 Å². The molecule has 3 aromatic heterocycles. The van der Waals surface area contributed by atoms with Crippen molar-refractivity contribution in [1.29, 1.82) is 0 Å². The van der Waals surface area contributed by atoms with Crippen molar-refractivity contribution in [3.63, 3.8) is 0 Å². The number of anilines is 2. The minimum absolute atomic E-state index is 0.803. The van der Waals surface area contributed by atoms with Crippen molar-refractivity contribution in [3.05, 3.63) is 41.5 Å². The number of hydrogen-bond donors (Lipinski definition) is 1. The van der Waals surface area contributed by atoms with Gasteiger partial charge in [0, 0.05) is 17.9 Å². The highest BCUT2D eigenvalue weighted by atomic mass is 15.1. The van der Waals surface area contributed by atoms with Crippen LogP contribution in [-0.2, 0) is 6.54 Å². The summed E-state index contributed by atoms with van der Waals surface area (Å²) in [6.07, 6.45) is 2.71. The predicted molar refractivity (Wildman–Crippen MR) is 102 cm³/mol. The molecule has 3 heterocycles. The van der Waals surface area contributed by atoms with Gasteiger partial charge in [-0.15, -0.1) is 0 Å². The van der Waals surface area contributed by atoms with Gasteiger partial charge in [0.15, 0.2) is 0 Å². The van der Waals surface area contributed by atoms with E-state index < -0.39 is 0 Å². The van der Waals surface area contributed by atoms with Crippen LogP contribution in [-0.4, -0.2) is 45.1 Å². The van der Waals surface area contributed by atoms with E-state index in [0.29, 0.717) is 0 Å². The average Bonchev–Trinajstić information content (AvgIpc) is 2.80. The lowest BCUT2D eigenvalue weighted by atomic mass is 10.2.